The zero-order chi connectivity index (χ0) is 26.3. The van der Waals surface area contributed by atoms with E-state index in [0.717, 1.165) is 57.6 Å². The first-order valence-electron chi connectivity index (χ1n) is 12.3. The van der Waals surface area contributed by atoms with Crippen LogP contribution in [0.25, 0.3) is 5.00 Å². The molecule has 8 nitrogen and oxygen atoms in total. The van der Waals surface area contributed by atoms with Crippen LogP contribution < -0.4 is 4.90 Å². The van der Waals surface area contributed by atoms with Gasteiger partial charge in [0.05, 0.1) is 11.6 Å². The summed E-state index contributed by atoms with van der Waals surface area (Å²) in [5.74, 6) is -0.384. The molecule has 4 heterocycles. The maximum absolute atomic E-state index is 12.1. The summed E-state index contributed by atoms with van der Waals surface area (Å²) in [4.78, 5) is 24.9. The van der Waals surface area contributed by atoms with Crippen LogP contribution in [0.15, 0.2) is 53.7 Å². The van der Waals surface area contributed by atoms with Crippen molar-refractivity contribution >= 4 is 28.7 Å². The Kier molecular flexibility index (Phi) is 6.64. The van der Waals surface area contributed by atoms with Crippen molar-refractivity contribution in [2.24, 2.45) is 10.9 Å². The maximum atomic E-state index is 12.1. The molecule has 1 aliphatic heterocycles. The molecule has 4 aromatic rings. The fourth-order valence-corrected chi connectivity index (χ4v) is 5.86. The summed E-state index contributed by atoms with van der Waals surface area (Å²) in [7, 11) is 2.07. The number of carboxylic acids is 1. The lowest BCUT2D eigenvalue weighted by Gasteiger charge is -2.20. The van der Waals surface area contributed by atoms with Crippen LogP contribution >= 0.6 is 11.3 Å². The van der Waals surface area contributed by atoms with Crippen molar-refractivity contribution in [2.75, 3.05) is 18.5 Å². The number of carboxylic acid groups (broad SMARTS) is 1. The van der Waals surface area contributed by atoms with Crippen LogP contribution in [-0.4, -0.2) is 50.1 Å². The third-order valence-electron chi connectivity index (χ3n) is 7.06. The molecule has 0 fully saturated rings. The van der Waals surface area contributed by atoms with Gasteiger partial charge in [0.25, 0.3) is 0 Å². The lowest BCUT2D eigenvalue weighted by Crippen LogP contribution is -2.21. The second-order valence-electron chi connectivity index (χ2n) is 9.49. The average Bonchev–Trinajstić information content (AvgIpc) is 3.37. The molecule has 0 radical (unpaired) electrons. The summed E-state index contributed by atoms with van der Waals surface area (Å²) in [5, 5.41) is 19.5. The third kappa shape index (κ3) is 4.55. The minimum absolute atomic E-state index is 0.566. The van der Waals surface area contributed by atoms with Gasteiger partial charge in [-0.15, -0.1) is 21.5 Å². The van der Waals surface area contributed by atoms with Crippen molar-refractivity contribution < 1.29 is 9.90 Å². The lowest BCUT2D eigenvalue weighted by atomic mass is 9.98. The molecule has 1 N–H and O–H groups in total. The molecular weight excluding hydrogens is 484 g/mol. The summed E-state index contributed by atoms with van der Waals surface area (Å²) in [5.41, 5.74) is 6.05. The number of pyridine rings is 1. The van der Waals surface area contributed by atoms with Gasteiger partial charge in [0.15, 0.2) is 5.82 Å². The molecule has 1 aromatic carbocycles. The minimum Gasteiger partial charge on any atom is -0.481 e. The van der Waals surface area contributed by atoms with Crippen LogP contribution in [0.4, 0.5) is 5.69 Å². The zero-order valence-corrected chi connectivity index (χ0v) is 22.5. The van der Waals surface area contributed by atoms with Gasteiger partial charge in [-0.25, -0.2) is 0 Å². The first kappa shape index (κ1) is 24.8. The topological polar surface area (TPSA) is 96.5 Å². The van der Waals surface area contributed by atoms with E-state index < -0.39 is 17.9 Å². The van der Waals surface area contributed by atoms with Crippen molar-refractivity contribution in [3.05, 3.63) is 87.6 Å². The van der Waals surface area contributed by atoms with Gasteiger partial charge in [-0.2, -0.15) is 0 Å². The number of anilines is 1. The normalized spacial score (nSPS) is 15.4. The summed E-state index contributed by atoms with van der Waals surface area (Å²) < 4.78 is 1.99. The number of carbonyl (C=O) groups is 1. The number of aryl methyl sites for hydroxylation is 2. The molecule has 0 saturated carbocycles. The van der Waals surface area contributed by atoms with Gasteiger partial charge in [0.2, 0.25) is 0 Å². The molecule has 0 amide bonds. The van der Waals surface area contributed by atoms with Crippen LogP contribution in [0, 0.1) is 26.7 Å². The van der Waals surface area contributed by atoms with Gasteiger partial charge in [-0.05, 0) is 57.5 Å². The number of hydrogen-bond acceptors (Lipinski definition) is 7. The van der Waals surface area contributed by atoms with E-state index in [9.17, 15) is 9.90 Å². The maximum Gasteiger partial charge on any atom is 0.308 e. The van der Waals surface area contributed by atoms with Gasteiger partial charge in [-0.1, -0.05) is 18.2 Å². The molecule has 1 unspecified atom stereocenters. The SMILES string of the molecule is Cc1sc2c(c1C)C(c1ccc(N(C)CCc3ccccn3)cc1)=N[C@@H](C(C)C(=O)O)c1nnc(C)n1-2. The number of hydrogen-bond donors (Lipinski definition) is 1. The highest BCUT2D eigenvalue weighted by molar-refractivity contribution is 7.15. The molecule has 3 aromatic heterocycles. The largest absolute Gasteiger partial charge is 0.481 e. The lowest BCUT2D eigenvalue weighted by molar-refractivity contribution is -0.141. The van der Waals surface area contributed by atoms with Gasteiger partial charge in [-0.3, -0.25) is 19.3 Å². The van der Waals surface area contributed by atoms with Gasteiger partial charge in [0, 0.05) is 53.6 Å². The van der Waals surface area contributed by atoms with Crippen LogP contribution in [0.1, 0.15) is 51.9 Å². The van der Waals surface area contributed by atoms with Crippen LogP contribution in [0.3, 0.4) is 0 Å². The molecule has 190 valence electrons. The monoisotopic (exact) mass is 514 g/mol. The van der Waals surface area contributed by atoms with Gasteiger partial charge < -0.3 is 10.0 Å². The highest BCUT2D eigenvalue weighted by Crippen LogP contribution is 2.40. The highest BCUT2D eigenvalue weighted by Gasteiger charge is 2.36. The molecule has 2 atom stereocenters. The van der Waals surface area contributed by atoms with Crippen molar-refractivity contribution in [3.8, 4) is 5.00 Å². The van der Waals surface area contributed by atoms with Crippen LogP contribution in [0.5, 0.6) is 0 Å². The number of benzene rings is 1. The fourth-order valence-electron chi connectivity index (χ4n) is 4.65. The van der Waals surface area contributed by atoms with Crippen molar-refractivity contribution in [1.29, 1.82) is 0 Å². The van der Waals surface area contributed by atoms with E-state index >= 15 is 0 Å². The standard InChI is InChI=1S/C28H30N6O2S/c1-16-18(3)37-27-23(16)25(30-24(17(2)28(35)36)26-32-31-19(4)34(26)27)20-9-11-22(12-10-20)33(5)15-13-21-8-6-7-14-29-21/h6-12,14,17,24H,13,15H2,1-5H3,(H,35,36)/t17?,24-/m0/s1. The Hall–Kier alpha value is -3.85. The molecule has 0 bridgehead atoms. The third-order valence-corrected chi connectivity index (χ3v) is 8.26. The Morgan fingerprint density at radius 1 is 1.14 bits per heavy atom. The quantitative estimate of drug-likeness (QED) is 0.375. The number of aliphatic imine (C=N–C) groups is 1. The van der Waals surface area contributed by atoms with Crippen molar-refractivity contribution in [1.82, 2.24) is 19.7 Å². The first-order valence-corrected chi connectivity index (χ1v) is 13.1. The van der Waals surface area contributed by atoms with E-state index in [4.69, 9.17) is 4.99 Å². The molecule has 1 aliphatic rings. The smallest absolute Gasteiger partial charge is 0.308 e. The Bertz CT molecular complexity index is 1470. The van der Waals surface area contributed by atoms with E-state index in [0.29, 0.717) is 5.82 Å². The van der Waals surface area contributed by atoms with Crippen LogP contribution in [0.2, 0.25) is 0 Å². The van der Waals surface area contributed by atoms with Gasteiger partial charge >= 0.3 is 5.97 Å². The summed E-state index contributed by atoms with van der Waals surface area (Å²) in [6, 6.07) is 13.7. The number of aliphatic carboxylic acids is 1. The van der Waals surface area contributed by atoms with E-state index in [2.05, 4.69) is 65.2 Å². The molecule has 0 saturated heterocycles. The van der Waals surface area contributed by atoms with Crippen LogP contribution in [-0.2, 0) is 11.2 Å². The second-order valence-corrected chi connectivity index (χ2v) is 10.7. The molecular formula is C28H30N6O2S. The number of rotatable bonds is 7. The number of aromatic nitrogens is 4. The Morgan fingerprint density at radius 2 is 1.89 bits per heavy atom. The molecule has 0 spiro atoms. The van der Waals surface area contributed by atoms with Crippen molar-refractivity contribution in [2.45, 2.75) is 40.2 Å². The highest BCUT2D eigenvalue weighted by atomic mass is 32.1. The average molecular weight is 515 g/mol. The number of fused-ring (bicyclic) bond motifs is 3. The van der Waals surface area contributed by atoms with E-state index in [-0.39, 0.29) is 0 Å². The minimum atomic E-state index is -0.914. The summed E-state index contributed by atoms with van der Waals surface area (Å²) in [6.07, 6.45) is 2.68. The van der Waals surface area contributed by atoms with E-state index in [1.165, 1.54) is 4.88 Å². The predicted octanol–water partition coefficient (Wildman–Crippen LogP) is 4.94. The summed E-state index contributed by atoms with van der Waals surface area (Å²) >= 11 is 1.67. The Morgan fingerprint density at radius 3 is 2.57 bits per heavy atom. The van der Waals surface area contributed by atoms with E-state index in [1.54, 1.807) is 18.3 Å². The van der Waals surface area contributed by atoms with Gasteiger partial charge in [0.1, 0.15) is 16.9 Å². The van der Waals surface area contributed by atoms with E-state index in [1.807, 2.05) is 35.9 Å². The number of likely N-dealkylation sites (N-methyl/N-ethyl adjacent to an activating group) is 1. The Balaban J connectivity index is 1.54. The molecule has 37 heavy (non-hydrogen) atoms. The summed E-state index contributed by atoms with van der Waals surface area (Å²) in [6.45, 7) is 8.62. The number of thiophene rings is 1. The van der Waals surface area contributed by atoms with Crippen molar-refractivity contribution in [3.63, 3.8) is 0 Å². The predicted molar refractivity (Wildman–Crippen MR) is 146 cm³/mol. The number of nitrogens with zero attached hydrogens (tertiary/aromatic N) is 6. The molecule has 9 heteroatoms. The molecule has 5 rings (SSSR count). The molecule has 0 aliphatic carbocycles. The Labute approximate surface area is 220 Å². The first-order chi connectivity index (χ1) is 17.8. The second kappa shape index (κ2) is 9.89. The fraction of sp³-hybridized carbons (Fsp3) is 0.321. The zero-order valence-electron chi connectivity index (χ0n) is 21.6.